The lowest BCUT2D eigenvalue weighted by molar-refractivity contribution is 0.0728. The highest BCUT2D eigenvalue weighted by Gasteiger charge is 2.33. The van der Waals surface area contributed by atoms with Crippen molar-refractivity contribution in [3.8, 4) is 5.69 Å². The lowest BCUT2D eigenvalue weighted by atomic mass is 10.1. The second-order valence-corrected chi connectivity index (χ2v) is 6.40. The van der Waals surface area contributed by atoms with Crippen LogP contribution in [0.5, 0.6) is 0 Å². The van der Waals surface area contributed by atoms with Crippen molar-refractivity contribution < 1.29 is 13.6 Å². The summed E-state index contributed by atoms with van der Waals surface area (Å²) < 4.78 is 28.8. The molecule has 3 aromatic rings. The molecule has 4 nitrogen and oxygen atoms in total. The van der Waals surface area contributed by atoms with Crippen molar-refractivity contribution >= 4 is 5.91 Å². The molecule has 0 saturated heterocycles. The van der Waals surface area contributed by atoms with E-state index in [1.807, 2.05) is 24.4 Å². The maximum Gasteiger partial charge on any atom is 0.254 e. The van der Waals surface area contributed by atoms with Crippen LogP contribution in [-0.2, 0) is 6.54 Å². The van der Waals surface area contributed by atoms with Gasteiger partial charge in [-0.2, -0.15) is 5.10 Å². The molecule has 0 N–H and O–H groups in total. The quantitative estimate of drug-likeness (QED) is 0.696. The van der Waals surface area contributed by atoms with E-state index in [4.69, 9.17) is 0 Å². The molecule has 0 unspecified atom stereocenters. The average Bonchev–Trinajstić information content (AvgIpc) is 3.33. The Morgan fingerprint density at radius 1 is 1.15 bits per heavy atom. The standard InChI is InChI=1S/C20H17F2N3O/c21-16-5-2-15(19(22)12-16)13-24(17-8-9-17)20(26)14-3-6-18(7-4-14)25-11-1-10-23-25/h1-7,10-12,17H,8-9,13H2. The molecule has 1 fully saturated rings. The van der Waals surface area contributed by atoms with Gasteiger partial charge in [0.2, 0.25) is 0 Å². The van der Waals surface area contributed by atoms with Crippen LogP contribution in [0.1, 0.15) is 28.8 Å². The molecule has 1 aliphatic carbocycles. The third-order valence-electron chi connectivity index (χ3n) is 4.49. The van der Waals surface area contributed by atoms with Crippen LogP contribution in [-0.4, -0.2) is 26.6 Å². The number of hydrogen-bond donors (Lipinski definition) is 0. The third-order valence-corrected chi connectivity index (χ3v) is 4.49. The van der Waals surface area contributed by atoms with Crippen LogP contribution in [0, 0.1) is 11.6 Å². The summed E-state index contributed by atoms with van der Waals surface area (Å²) in [6.45, 7) is 0.135. The maximum absolute atomic E-state index is 14.0. The van der Waals surface area contributed by atoms with Gasteiger partial charge in [-0.1, -0.05) is 6.07 Å². The minimum Gasteiger partial charge on any atom is -0.331 e. The van der Waals surface area contributed by atoms with Crippen LogP contribution >= 0.6 is 0 Å². The largest absolute Gasteiger partial charge is 0.331 e. The van der Waals surface area contributed by atoms with Crippen molar-refractivity contribution in [2.45, 2.75) is 25.4 Å². The van der Waals surface area contributed by atoms with Crippen molar-refractivity contribution in [2.75, 3.05) is 0 Å². The summed E-state index contributed by atoms with van der Waals surface area (Å²) in [4.78, 5) is 14.6. The Morgan fingerprint density at radius 3 is 2.54 bits per heavy atom. The van der Waals surface area contributed by atoms with Crippen molar-refractivity contribution in [3.63, 3.8) is 0 Å². The van der Waals surface area contributed by atoms with Gasteiger partial charge in [0.05, 0.1) is 5.69 Å². The highest BCUT2D eigenvalue weighted by atomic mass is 19.1. The summed E-state index contributed by atoms with van der Waals surface area (Å²) in [6.07, 6.45) is 5.32. The lowest BCUT2D eigenvalue weighted by Crippen LogP contribution is -2.33. The van der Waals surface area contributed by atoms with Crippen LogP contribution in [0.2, 0.25) is 0 Å². The van der Waals surface area contributed by atoms with Crippen molar-refractivity contribution in [3.05, 3.63) is 83.7 Å². The highest BCUT2D eigenvalue weighted by Crippen LogP contribution is 2.30. The molecule has 1 saturated carbocycles. The molecule has 1 aromatic heterocycles. The summed E-state index contributed by atoms with van der Waals surface area (Å²) in [6, 6.07) is 12.5. The fraction of sp³-hybridized carbons (Fsp3) is 0.200. The zero-order valence-corrected chi connectivity index (χ0v) is 14.0. The molecular formula is C20H17F2N3O. The normalized spacial score (nSPS) is 13.6. The van der Waals surface area contributed by atoms with E-state index < -0.39 is 11.6 Å². The first kappa shape index (κ1) is 16.4. The van der Waals surface area contributed by atoms with Crippen LogP contribution in [0.4, 0.5) is 8.78 Å². The second-order valence-electron chi connectivity index (χ2n) is 6.40. The van der Waals surface area contributed by atoms with Gasteiger partial charge in [-0.25, -0.2) is 13.5 Å². The topological polar surface area (TPSA) is 38.1 Å². The first-order valence-corrected chi connectivity index (χ1v) is 8.47. The van der Waals surface area contributed by atoms with E-state index in [2.05, 4.69) is 5.10 Å². The summed E-state index contributed by atoms with van der Waals surface area (Å²) in [5.41, 5.74) is 1.71. The summed E-state index contributed by atoms with van der Waals surface area (Å²) in [5.74, 6) is -1.40. The van der Waals surface area contributed by atoms with Crippen LogP contribution in [0.15, 0.2) is 60.9 Å². The van der Waals surface area contributed by atoms with Gasteiger partial charge < -0.3 is 4.90 Å². The average molecular weight is 353 g/mol. The van der Waals surface area contributed by atoms with Gasteiger partial charge in [-0.05, 0) is 49.2 Å². The predicted octanol–water partition coefficient (Wildman–Crippen LogP) is 3.96. The van der Waals surface area contributed by atoms with E-state index >= 15 is 0 Å². The molecule has 2 aromatic carbocycles. The van der Waals surface area contributed by atoms with Gasteiger partial charge >= 0.3 is 0 Å². The lowest BCUT2D eigenvalue weighted by Gasteiger charge is -2.23. The molecule has 6 heteroatoms. The van der Waals surface area contributed by atoms with Gasteiger partial charge in [0.25, 0.3) is 5.91 Å². The predicted molar refractivity (Wildman–Crippen MR) is 92.8 cm³/mol. The van der Waals surface area contributed by atoms with Crippen molar-refractivity contribution in [1.29, 1.82) is 0 Å². The third kappa shape index (κ3) is 3.35. The summed E-state index contributed by atoms with van der Waals surface area (Å²) in [5, 5.41) is 4.16. The molecule has 1 aliphatic rings. The van der Waals surface area contributed by atoms with E-state index in [-0.39, 0.29) is 18.5 Å². The molecule has 0 spiro atoms. The van der Waals surface area contributed by atoms with Gasteiger partial charge in [-0.3, -0.25) is 4.79 Å². The first-order chi connectivity index (χ1) is 12.6. The first-order valence-electron chi connectivity index (χ1n) is 8.47. The van der Waals surface area contributed by atoms with E-state index in [9.17, 15) is 13.6 Å². The van der Waals surface area contributed by atoms with E-state index in [1.165, 1.54) is 12.1 Å². The van der Waals surface area contributed by atoms with E-state index in [0.717, 1.165) is 24.6 Å². The Balaban J connectivity index is 1.56. The Kier molecular flexibility index (Phi) is 4.24. The van der Waals surface area contributed by atoms with Crippen molar-refractivity contribution in [1.82, 2.24) is 14.7 Å². The molecule has 132 valence electrons. The second kappa shape index (κ2) is 6.71. The van der Waals surface area contributed by atoms with Gasteiger partial charge in [0, 0.05) is 42.2 Å². The monoisotopic (exact) mass is 353 g/mol. The molecule has 1 heterocycles. The Hall–Kier alpha value is -3.02. The molecule has 0 radical (unpaired) electrons. The molecule has 0 atom stereocenters. The fourth-order valence-electron chi connectivity index (χ4n) is 2.93. The number of benzene rings is 2. The zero-order chi connectivity index (χ0) is 18.1. The number of nitrogens with zero attached hydrogens (tertiary/aromatic N) is 3. The van der Waals surface area contributed by atoms with Gasteiger partial charge in [0.1, 0.15) is 11.6 Å². The van der Waals surface area contributed by atoms with Crippen LogP contribution in [0.25, 0.3) is 5.69 Å². The number of carbonyl (C=O) groups excluding carboxylic acids is 1. The smallest absolute Gasteiger partial charge is 0.254 e. The maximum atomic E-state index is 14.0. The minimum atomic E-state index is -0.627. The SMILES string of the molecule is O=C(c1ccc(-n2cccn2)cc1)N(Cc1ccc(F)cc1F)C1CC1. The summed E-state index contributed by atoms with van der Waals surface area (Å²) in [7, 11) is 0. The zero-order valence-electron chi connectivity index (χ0n) is 14.0. The highest BCUT2D eigenvalue weighted by molar-refractivity contribution is 5.94. The number of amides is 1. The Morgan fingerprint density at radius 2 is 1.92 bits per heavy atom. The fourth-order valence-corrected chi connectivity index (χ4v) is 2.93. The molecule has 1 amide bonds. The number of rotatable bonds is 5. The number of halogens is 2. The molecule has 0 bridgehead atoms. The van der Waals surface area contributed by atoms with E-state index in [0.29, 0.717) is 11.1 Å². The Labute approximate surface area is 149 Å². The minimum absolute atomic E-state index is 0.109. The van der Waals surface area contributed by atoms with Crippen LogP contribution in [0.3, 0.4) is 0 Å². The van der Waals surface area contributed by atoms with Gasteiger partial charge in [0.15, 0.2) is 0 Å². The van der Waals surface area contributed by atoms with E-state index in [1.54, 1.807) is 27.9 Å². The molecular weight excluding hydrogens is 336 g/mol. The van der Waals surface area contributed by atoms with Crippen molar-refractivity contribution in [2.24, 2.45) is 0 Å². The van der Waals surface area contributed by atoms with Gasteiger partial charge in [-0.15, -0.1) is 0 Å². The molecule has 0 aliphatic heterocycles. The molecule has 4 rings (SSSR count). The number of aromatic nitrogens is 2. The Bertz CT molecular complexity index is 919. The number of hydrogen-bond acceptors (Lipinski definition) is 2. The molecule has 26 heavy (non-hydrogen) atoms. The number of carbonyl (C=O) groups is 1. The summed E-state index contributed by atoms with van der Waals surface area (Å²) >= 11 is 0. The van der Waals surface area contributed by atoms with Crippen LogP contribution < -0.4 is 0 Å².